The van der Waals surface area contributed by atoms with E-state index < -0.39 is 0 Å². The molecular formula is C21H26N3O3+. The number of anilines is 2. The van der Waals surface area contributed by atoms with Gasteiger partial charge in [-0.3, -0.25) is 9.59 Å². The monoisotopic (exact) mass is 368 g/mol. The minimum Gasteiger partial charge on any atom is -0.506 e. The van der Waals surface area contributed by atoms with Crippen molar-refractivity contribution in [2.24, 2.45) is 0 Å². The van der Waals surface area contributed by atoms with Crippen LogP contribution in [0.15, 0.2) is 48.5 Å². The predicted molar refractivity (Wildman–Crippen MR) is 106 cm³/mol. The number of phenols is 1. The number of carbonyl (C=O) groups is 2. The zero-order valence-corrected chi connectivity index (χ0v) is 15.7. The van der Waals surface area contributed by atoms with E-state index in [-0.39, 0.29) is 17.7 Å². The SMILES string of the molecule is CC(=O)c1ccc(NC(=O)[C@H](C)[NH+]2CCN(c3ccccc3O)CC2)cc1. The van der Waals surface area contributed by atoms with Crippen molar-refractivity contribution >= 4 is 23.1 Å². The van der Waals surface area contributed by atoms with Crippen molar-refractivity contribution in [3.8, 4) is 5.75 Å². The quantitative estimate of drug-likeness (QED) is 0.696. The van der Waals surface area contributed by atoms with Gasteiger partial charge in [0.25, 0.3) is 5.91 Å². The molecule has 142 valence electrons. The Labute approximate surface area is 159 Å². The fraction of sp³-hybridized carbons (Fsp3) is 0.333. The molecule has 1 heterocycles. The first-order valence-corrected chi connectivity index (χ1v) is 9.25. The van der Waals surface area contributed by atoms with E-state index in [1.54, 1.807) is 30.3 Å². The highest BCUT2D eigenvalue weighted by Gasteiger charge is 2.29. The van der Waals surface area contributed by atoms with Crippen molar-refractivity contribution in [3.05, 3.63) is 54.1 Å². The molecule has 2 aromatic rings. The summed E-state index contributed by atoms with van der Waals surface area (Å²) in [4.78, 5) is 27.3. The highest BCUT2D eigenvalue weighted by Crippen LogP contribution is 2.26. The molecule has 0 spiro atoms. The van der Waals surface area contributed by atoms with Gasteiger partial charge in [0.1, 0.15) is 5.75 Å². The first kappa shape index (κ1) is 18.9. The van der Waals surface area contributed by atoms with Gasteiger partial charge in [0.15, 0.2) is 11.8 Å². The van der Waals surface area contributed by atoms with Gasteiger partial charge in [-0.1, -0.05) is 12.1 Å². The number of hydrogen-bond acceptors (Lipinski definition) is 4. The smallest absolute Gasteiger partial charge is 0.282 e. The second kappa shape index (κ2) is 8.22. The Morgan fingerprint density at radius 1 is 1.07 bits per heavy atom. The third kappa shape index (κ3) is 4.46. The van der Waals surface area contributed by atoms with Crippen LogP contribution in [0.1, 0.15) is 24.2 Å². The minimum absolute atomic E-state index is 0.00742. The maximum absolute atomic E-state index is 12.6. The fourth-order valence-electron chi connectivity index (χ4n) is 3.42. The number of ketones is 1. The van der Waals surface area contributed by atoms with Gasteiger partial charge in [0.2, 0.25) is 0 Å². The number of aromatic hydroxyl groups is 1. The summed E-state index contributed by atoms with van der Waals surface area (Å²) >= 11 is 0. The molecule has 1 amide bonds. The van der Waals surface area contributed by atoms with E-state index in [1.807, 2.05) is 25.1 Å². The predicted octanol–water partition coefficient (Wildman–Crippen LogP) is 1.33. The van der Waals surface area contributed by atoms with Crippen LogP contribution in [-0.2, 0) is 4.79 Å². The van der Waals surface area contributed by atoms with E-state index >= 15 is 0 Å². The summed E-state index contributed by atoms with van der Waals surface area (Å²) in [5.74, 6) is 0.269. The number of Topliss-reactive ketones (excluding diaryl/α,β-unsaturated/α-hetero) is 1. The number of benzene rings is 2. The Morgan fingerprint density at radius 2 is 1.70 bits per heavy atom. The van der Waals surface area contributed by atoms with Crippen LogP contribution >= 0.6 is 0 Å². The van der Waals surface area contributed by atoms with E-state index in [0.29, 0.717) is 17.0 Å². The second-order valence-electron chi connectivity index (χ2n) is 6.98. The minimum atomic E-state index is -0.177. The van der Waals surface area contributed by atoms with Gasteiger partial charge in [-0.15, -0.1) is 0 Å². The molecule has 0 saturated carbocycles. The summed E-state index contributed by atoms with van der Waals surface area (Å²) in [5.41, 5.74) is 2.18. The molecule has 1 aliphatic rings. The van der Waals surface area contributed by atoms with Gasteiger partial charge in [-0.25, -0.2) is 0 Å². The van der Waals surface area contributed by atoms with Crippen molar-refractivity contribution in [2.75, 3.05) is 36.4 Å². The van der Waals surface area contributed by atoms with Crippen molar-refractivity contribution in [3.63, 3.8) is 0 Å². The molecule has 1 atom stereocenters. The van der Waals surface area contributed by atoms with Gasteiger partial charge in [0, 0.05) is 11.3 Å². The molecule has 2 aromatic carbocycles. The van der Waals surface area contributed by atoms with E-state index in [1.165, 1.54) is 11.8 Å². The van der Waals surface area contributed by atoms with Crippen molar-refractivity contribution < 1.29 is 19.6 Å². The number of amides is 1. The van der Waals surface area contributed by atoms with Crippen LogP contribution in [0, 0.1) is 0 Å². The van der Waals surface area contributed by atoms with Gasteiger partial charge in [0.05, 0.1) is 31.9 Å². The summed E-state index contributed by atoms with van der Waals surface area (Å²) in [6.07, 6.45) is 0. The third-order valence-corrected chi connectivity index (χ3v) is 5.19. The number of carbonyl (C=O) groups excluding carboxylic acids is 2. The Hall–Kier alpha value is -2.86. The lowest BCUT2D eigenvalue weighted by Gasteiger charge is -2.36. The number of quaternary nitrogens is 1. The molecule has 1 aliphatic heterocycles. The summed E-state index contributed by atoms with van der Waals surface area (Å²) in [7, 11) is 0. The molecule has 0 aliphatic carbocycles. The summed E-state index contributed by atoms with van der Waals surface area (Å²) in [6, 6.07) is 14.1. The zero-order chi connectivity index (χ0) is 19.4. The van der Waals surface area contributed by atoms with Crippen LogP contribution in [0.4, 0.5) is 11.4 Å². The third-order valence-electron chi connectivity index (χ3n) is 5.19. The average Bonchev–Trinajstić information content (AvgIpc) is 2.68. The Morgan fingerprint density at radius 3 is 2.30 bits per heavy atom. The van der Waals surface area contributed by atoms with E-state index in [9.17, 15) is 14.7 Å². The lowest BCUT2D eigenvalue weighted by Crippen LogP contribution is -3.19. The zero-order valence-electron chi connectivity index (χ0n) is 15.7. The molecule has 0 aromatic heterocycles. The number of nitrogens with one attached hydrogen (secondary N) is 2. The number of hydrogen-bond donors (Lipinski definition) is 3. The van der Waals surface area contributed by atoms with Gasteiger partial charge >= 0.3 is 0 Å². The highest BCUT2D eigenvalue weighted by atomic mass is 16.3. The molecule has 6 nitrogen and oxygen atoms in total. The lowest BCUT2D eigenvalue weighted by atomic mass is 10.1. The number of para-hydroxylation sites is 2. The van der Waals surface area contributed by atoms with Crippen LogP contribution < -0.4 is 15.1 Å². The second-order valence-corrected chi connectivity index (χ2v) is 6.98. The van der Waals surface area contributed by atoms with Crippen molar-refractivity contribution in [1.29, 1.82) is 0 Å². The van der Waals surface area contributed by atoms with Crippen LogP contribution in [0.5, 0.6) is 5.75 Å². The normalized spacial score (nSPS) is 16.0. The Bertz CT molecular complexity index is 812. The maximum Gasteiger partial charge on any atom is 0.282 e. The molecule has 6 heteroatoms. The molecule has 3 rings (SSSR count). The molecule has 0 unspecified atom stereocenters. The molecule has 0 bridgehead atoms. The van der Waals surface area contributed by atoms with E-state index in [2.05, 4.69) is 10.2 Å². The lowest BCUT2D eigenvalue weighted by molar-refractivity contribution is -0.914. The van der Waals surface area contributed by atoms with Crippen molar-refractivity contribution in [1.82, 2.24) is 0 Å². The highest BCUT2D eigenvalue weighted by molar-refractivity contribution is 5.96. The largest absolute Gasteiger partial charge is 0.506 e. The van der Waals surface area contributed by atoms with E-state index in [0.717, 1.165) is 31.9 Å². The summed E-state index contributed by atoms with van der Waals surface area (Å²) in [5, 5.41) is 12.9. The molecule has 3 N–H and O–H groups in total. The molecule has 1 fully saturated rings. The maximum atomic E-state index is 12.6. The summed E-state index contributed by atoms with van der Waals surface area (Å²) in [6.45, 7) is 6.69. The summed E-state index contributed by atoms with van der Waals surface area (Å²) < 4.78 is 0. The van der Waals surface area contributed by atoms with Crippen LogP contribution in [0.25, 0.3) is 0 Å². The number of rotatable bonds is 5. The van der Waals surface area contributed by atoms with Gasteiger partial charge in [-0.2, -0.15) is 0 Å². The fourth-order valence-corrected chi connectivity index (χ4v) is 3.42. The number of piperazine rings is 1. The number of phenolic OH excluding ortho intramolecular Hbond substituents is 1. The molecule has 27 heavy (non-hydrogen) atoms. The topological polar surface area (TPSA) is 74.1 Å². The number of nitrogens with zero attached hydrogens (tertiary/aromatic N) is 1. The van der Waals surface area contributed by atoms with Gasteiger partial charge in [-0.05, 0) is 50.2 Å². The standard InChI is InChI=1S/C21H25N3O3/c1-15(21(27)22-18-9-7-17(8-10-18)16(2)25)23-11-13-24(14-12-23)19-5-3-4-6-20(19)26/h3-10,15,26H,11-14H2,1-2H3,(H,22,27)/p+1/t15-/m0/s1. The van der Waals surface area contributed by atoms with Crippen LogP contribution in [0.2, 0.25) is 0 Å². The van der Waals surface area contributed by atoms with Crippen LogP contribution in [-0.4, -0.2) is 49.0 Å². The van der Waals surface area contributed by atoms with Crippen molar-refractivity contribution in [2.45, 2.75) is 19.9 Å². The van der Waals surface area contributed by atoms with E-state index in [4.69, 9.17) is 0 Å². The molecular weight excluding hydrogens is 342 g/mol. The molecule has 1 saturated heterocycles. The Kier molecular flexibility index (Phi) is 5.76. The average molecular weight is 368 g/mol. The Balaban J connectivity index is 1.55. The first-order valence-electron chi connectivity index (χ1n) is 9.25. The van der Waals surface area contributed by atoms with Gasteiger partial charge < -0.3 is 20.2 Å². The van der Waals surface area contributed by atoms with Crippen LogP contribution in [0.3, 0.4) is 0 Å². The first-order chi connectivity index (χ1) is 13.0. The molecule has 0 radical (unpaired) electrons.